The first-order chi connectivity index (χ1) is 56.2. The van der Waals surface area contributed by atoms with Gasteiger partial charge in [0.2, 0.25) is 82.7 Å². The highest BCUT2D eigenvalue weighted by Gasteiger charge is 2.43. The third-order valence-electron chi connectivity index (χ3n) is 20.5. The fraction of sp³-hybridized carbons (Fsp3) is 0.531. The van der Waals surface area contributed by atoms with E-state index >= 15 is 0 Å². The molecule has 36 nitrogen and oxygen atoms in total. The molecule has 5 aromatic rings. The first kappa shape index (κ1) is 93.3. The lowest BCUT2D eigenvalue weighted by Gasteiger charge is -2.31. The maximum absolute atomic E-state index is 15.0. The summed E-state index contributed by atoms with van der Waals surface area (Å²) in [5, 5.41) is 47.2. The molecule has 2 aliphatic heterocycles. The van der Waals surface area contributed by atoms with Crippen LogP contribution in [-0.2, 0) is 97.6 Å². The van der Waals surface area contributed by atoms with Crippen molar-refractivity contribution < 1.29 is 86.5 Å². The molecule has 2 fully saturated rings. The zero-order valence-corrected chi connectivity index (χ0v) is 67.3. The predicted octanol–water partition coefficient (Wildman–Crippen LogP) is -0.178. The molecule has 642 valence electrons. The van der Waals surface area contributed by atoms with Gasteiger partial charge in [-0.15, -0.1) is 0 Å². The number of carboxylic acids is 1. The number of phenols is 1. The molecule has 0 spiro atoms. The van der Waals surface area contributed by atoms with Crippen LogP contribution in [0.1, 0.15) is 160 Å². The number of hydrogen-bond acceptors (Lipinski definition) is 19. The number of carbonyl (C=O) groups is 15. The van der Waals surface area contributed by atoms with E-state index in [2.05, 4.69) is 68.1 Å². The van der Waals surface area contributed by atoms with Crippen LogP contribution in [-0.4, -0.2) is 222 Å². The molecule has 0 bridgehead atoms. The second-order valence-corrected chi connectivity index (χ2v) is 30.9. The molecular weight excluding hydrogens is 1530 g/mol. The van der Waals surface area contributed by atoms with E-state index < -0.39 is 193 Å². The van der Waals surface area contributed by atoms with E-state index in [9.17, 15) is 86.5 Å². The van der Waals surface area contributed by atoms with Crippen molar-refractivity contribution in [2.45, 2.75) is 236 Å². The summed E-state index contributed by atoms with van der Waals surface area (Å²) in [5.41, 5.74) is 26.1. The molecule has 7 rings (SSSR count). The maximum Gasteiger partial charge on any atom is 0.326 e. The average Bonchev–Trinajstić information content (AvgIpc) is 1.65. The van der Waals surface area contributed by atoms with Gasteiger partial charge in [-0.05, 0) is 149 Å². The lowest BCUT2D eigenvalue weighted by atomic mass is 9.99. The molecular formula is C81H114FN19O17. The first-order valence-corrected chi connectivity index (χ1v) is 40.1. The molecule has 3 aromatic carbocycles. The van der Waals surface area contributed by atoms with Crippen molar-refractivity contribution >= 4 is 99.6 Å². The number of halogens is 1. The van der Waals surface area contributed by atoms with Gasteiger partial charge >= 0.3 is 5.97 Å². The monoisotopic (exact) mass is 1640 g/mol. The Kier molecular flexibility index (Phi) is 36.5. The Morgan fingerprint density at radius 2 is 1.02 bits per heavy atom. The van der Waals surface area contributed by atoms with Crippen LogP contribution in [0.4, 0.5) is 4.39 Å². The highest BCUT2D eigenvalue weighted by molar-refractivity contribution is 6.00. The van der Waals surface area contributed by atoms with Gasteiger partial charge in [-0.1, -0.05) is 89.9 Å². The van der Waals surface area contributed by atoms with E-state index in [1.807, 2.05) is 19.1 Å². The van der Waals surface area contributed by atoms with Crippen LogP contribution >= 0.6 is 0 Å². The Balaban J connectivity index is 1.02. The molecule has 0 radical (unpaired) electrons. The summed E-state index contributed by atoms with van der Waals surface area (Å²) >= 11 is 0. The highest BCUT2D eigenvalue weighted by atomic mass is 19.1. The van der Waals surface area contributed by atoms with E-state index in [4.69, 9.17) is 22.9 Å². The summed E-state index contributed by atoms with van der Waals surface area (Å²) < 4.78 is 13.6. The van der Waals surface area contributed by atoms with Gasteiger partial charge in [0.15, 0.2) is 0 Å². The highest BCUT2D eigenvalue weighted by Crippen LogP contribution is 2.25. The number of primary amides is 2. The smallest absolute Gasteiger partial charge is 0.326 e. The molecule has 4 heterocycles. The number of fused-ring (bicyclic) bond motifs is 1. The number of aromatic nitrogens is 3. The number of aliphatic carboxylic acids is 1. The lowest BCUT2D eigenvalue weighted by molar-refractivity contribution is -0.144. The van der Waals surface area contributed by atoms with Crippen LogP contribution < -0.4 is 76.1 Å². The summed E-state index contributed by atoms with van der Waals surface area (Å²) in [6, 6.07) is 2.12. The van der Waals surface area contributed by atoms with Crippen molar-refractivity contribution in [1.29, 1.82) is 0 Å². The SMILES string of the molecule is CCCC[C@H](NC(=O)[C@@H]1CCCN1C(=O)[C@H](CCC(N)=O)NC(=O)CNC(=O)[C@@H]1CCCN1C(=O)[C@H](CCCCN)NC(=O)[C@H](CC(C)C)NC(=O)[C@H](CCC(N)=O)NC(=O)[C@H](CC(C)C)NC(=O)[C@H](Cc1c[nH]c2ccccc12)NC(=O)[C@H](Cc1c[nH]cn1)NC(=O)C(N)Cc1ccc(O)cc1)C(=O)N[C@@H](Cc1ccc(F)cc1)C(=O)O. The van der Waals surface area contributed by atoms with Crippen molar-refractivity contribution in [2.24, 2.45) is 34.8 Å². The Morgan fingerprint density at radius 3 is 1.58 bits per heavy atom. The number of nitrogens with zero attached hydrogens (tertiary/aromatic N) is 3. The Labute approximate surface area is 683 Å². The minimum absolute atomic E-state index is 0.00610. The molecule has 2 aromatic heterocycles. The van der Waals surface area contributed by atoms with Crippen LogP contribution in [0.2, 0.25) is 0 Å². The number of nitrogens with one attached hydrogen (secondary N) is 12. The molecule has 12 atom stereocenters. The van der Waals surface area contributed by atoms with E-state index in [1.165, 1.54) is 46.6 Å². The van der Waals surface area contributed by atoms with Crippen molar-refractivity contribution in [3.05, 3.63) is 120 Å². The van der Waals surface area contributed by atoms with Crippen molar-refractivity contribution in [3.63, 3.8) is 0 Å². The van der Waals surface area contributed by atoms with Gasteiger partial charge < -0.3 is 106 Å². The quantitative estimate of drug-likeness (QED) is 0.0225. The number of benzene rings is 3. The number of H-pyrrole nitrogens is 2. The number of rotatable bonds is 48. The average molecular weight is 1640 g/mol. The topological polar surface area (TPSA) is 572 Å². The number of likely N-dealkylation sites (tertiary alicyclic amines) is 2. The fourth-order valence-corrected chi connectivity index (χ4v) is 14.2. The Morgan fingerprint density at radius 1 is 0.534 bits per heavy atom. The Hall–Kier alpha value is -11.9. The second kappa shape index (κ2) is 46.2. The van der Waals surface area contributed by atoms with Crippen LogP contribution in [0.25, 0.3) is 10.9 Å². The number of phenolic OH excluding ortho intramolecular Hbond substituents is 1. The minimum atomic E-state index is -1.59. The largest absolute Gasteiger partial charge is 0.508 e. The first-order valence-electron chi connectivity index (χ1n) is 40.1. The van der Waals surface area contributed by atoms with E-state index in [0.29, 0.717) is 71.8 Å². The Bertz CT molecular complexity index is 4280. The fourth-order valence-electron chi connectivity index (χ4n) is 14.2. The molecule has 37 heteroatoms. The number of aromatic hydroxyl groups is 1. The van der Waals surface area contributed by atoms with Gasteiger partial charge in [0.05, 0.1) is 24.6 Å². The number of amides is 14. The van der Waals surface area contributed by atoms with Gasteiger partial charge in [0.25, 0.3) is 0 Å². The molecule has 2 saturated heterocycles. The summed E-state index contributed by atoms with van der Waals surface area (Å²) in [7, 11) is 0. The zero-order chi connectivity index (χ0) is 86.3. The van der Waals surface area contributed by atoms with Gasteiger partial charge in [-0.3, -0.25) is 67.1 Å². The number of carboxylic acid groups (broad SMARTS) is 1. The summed E-state index contributed by atoms with van der Waals surface area (Å²) in [4.78, 5) is 222. The third-order valence-corrected chi connectivity index (χ3v) is 20.5. The van der Waals surface area contributed by atoms with Crippen LogP contribution in [0.3, 0.4) is 0 Å². The molecule has 22 N–H and O–H groups in total. The second-order valence-electron chi connectivity index (χ2n) is 30.9. The molecule has 1 unspecified atom stereocenters. The molecule has 0 aliphatic carbocycles. The number of hydrogen-bond donors (Lipinski definition) is 18. The van der Waals surface area contributed by atoms with Crippen molar-refractivity contribution in [2.75, 3.05) is 26.2 Å². The standard InChI is InChI=1S/C81H114FN19O17/c1-6-7-15-56(71(107)99-64(81(117)118)38-48-20-24-50(82)25-21-48)93-78(114)66-19-13-34-101(66)80(116)59(29-31-68(86)104)91-69(105)43-89-77(113)65-18-12-33-100(65)79(115)58(17-10-11-32-83)94-74(110)61(36-46(4)5)96-72(108)57(28-30-67(85)103)92-73(109)60(35-45(2)3)97-75(111)62(39-49-41-88-55-16-9-8-14-53(49)55)98-76(112)63(40-51-42-87-44-90-51)95-70(106)54(84)37-47-22-26-52(102)27-23-47/h8-9,14,16,20-27,41-42,44-46,54,56-66,88,102H,6-7,10-13,15,17-19,28-40,43,83-84H2,1-5H3,(H2,85,103)(H2,86,104)(H,87,90)(H,89,113)(H,91,105)(H,92,109)(H,93,114)(H,94,110)(H,95,106)(H,96,108)(H,97,111)(H,98,112)(H,99,107)(H,117,118)/t54?,56-,57-,58-,59-,60-,61-,62-,63-,64-,65-,66-/m0/s1. The summed E-state index contributed by atoms with van der Waals surface area (Å²) in [5.74, 6) is -14.0. The number of unbranched alkanes of at least 4 members (excludes halogenated alkanes) is 2. The predicted molar refractivity (Wildman–Crippen MR) is 430 cm³/mol. The minimum Gasteiger partial charge on any atom is -0.508 e. The van der Waals surface area contributed by atoms with Crippen LogP contribution in [0, 0.1) is 17.7 Å². The van der Waals surface area contributed by atoms with Gasteiger partial charge in [-0.2, -0.15) is 0 Å². The van der Waals surface area contributed by atoms with E-state index in [-0.39, 0.29) is 108 Å². The van der Waals surface area contributed by atoms with E-state index in [1.54, 1.807) is 58.2 Å². The number of imidazole rings is 1. The lowest BCUT2D eigenvalue weighted by Crippen LogP contribution is -2.61. The zero-order valence-electron chi connectivity index (χ0n) is 67.3. The van der Waals surface area contributed by atoms with Crippen molar-refractivity contribution in [3.8, 4) is 5.75 Å². The van der Waals surface area contributed by atoms with Crippen LogP contribution in [0.15, 0.2) is 91.5 Å². The van der Waals surface area contributed by atoms with Crippen molar-refractivity contribution in [1.82, 2.24) is 77.9 Å². The number of para-hydroxylation sites is 1. The van der Waals surface area contributed by atoms with Gasteiger partial charge in [0, 0.05) is 68.5 Å². The van der Waals surface area contributed by atoms with Crippen LogP contribution in [0.5, 0.6) is 5.75 Å². The molecule has 14 amide bonds. The third kappa shape index (κ3) is 29.1. The van der Waals surface area contributed by atoms with E-state index in [0.717, 1.165) is 12.1 Å². The maximum atomic E-state index is 15.0. The molecule has 118 heavy (non-hydrogen) atoms. The summed E-state index contributed by atoms with van der Waals surface area (Å²) in [6.07, 6.45) is 5.17. The molecule has 2 aliphatic rings. The number of aromatic amines is 2. The number of nitrogens with two attached hydrogens (primary N) is 4. The van der Waals surface area contributed by atoms with Gasteiger partial charge in [0.1, 0.15) is 78.0 Å². The normalized spacial score (nSPS) is 16.5. The van der Waals surface area contributed by atoms with Gasteiger partial charge in [-0.25, -0.2) is 14.2 Å². The number of carbonyl (C=O) groups excluding carboxylic acids is 14. The summed E-state index contributed by atoms with van der Waals surface area (Å²) in [6.45, 7) is 8.42. The molecule has 0 saturated carbocycles.